The number of carboxylic acid groups (broad SMARTS) is 1. The van der Waals surface area contributed by atoms with Crippen molar-refractivity contribution in [2.24, 2.45) is 5.92 Å². The topological polar surface area (TPSA) is 90.0 Å². The predicted molar refractivity (Wildman–Crippen MR) is 88.3 cm³/mol. The fourth-order valence-corrected chi connectivity index (χ4v) is 2.81. The second-order valence-corrected chi connectivity index (χ2v) is 6.13. The van der Waals surface area contributed by atoms with Crippen LogP contribution in [0.2, 0.25) is 0 Å². The molecule has 0 spiro atoms. The molecular weight excluding hydrogens is 310 g/mol. The highest BCUT2D eigenvalue weighted by atomic mass is 16.4. The van der Waals surface area contributed by atoms with Crippen molar-refractivity contribution in [3.8, 4) is 0 Å². The summed E-state index contributed by atoms with van der Waals surface area (Å²) in [6.45, 7) is 0.996. The number of hydrogen-bond donors (Lipinski definition) is 2. The number of hydrogen-bond acceptors (Lipinski definition) is 3. The molecule has 2 N–H and O–H groups in total. The molecule has 1 atom stereocenters. The van der Waals surface area contributed by atoms with Gasteiger partial charge in [-0.2, -0.15) is 0 Å². The number of urea groups is 1. The van der Waals surface area contributed by atoms with E-state index in [0.717, 1.165) is 0 Å². The number of nitrogens with zero attached hydrogens (tertiary/aromatic N) is 2. The van der Waals surface area contributed by atoms with Crippen molar-refractivity contribution in [1.82, 2.24) is 15.1 Å². The molecule has 0 unspecified atom stereocenters. The first kappa shape index (κ1) is 17.8. The molecule has 1 heterocycles. The summed E-state index contributed by atoms with van der Waals surface area (Å²) in [6, 6.07) is 7.50. The molecule has 0 aliphatic carbocycles. The number of piperidine rings is 1. The zero-order valence-electron chi connectivity index (χ0n) is 13.9. The Hall–Kier alpha value is -2.57. The smallest absolute Gasteiger partial charge is 0.330 e. The number of nitrogens with one attached hydrogen (secondary N) is 1. The Kier molecular flexibility index (Phi) is 5.78. The van der Waals surface area contributed by atoms with Crippen LogP contribution < -0.4 is 5.32 Å². The van der Waals surface area contributed by atoms with Gasteiger partial charge in [0, 0.05) is 33.1 Å². The van der Waals surface area contributed by atoms with E-state index in [9.17, 15) is 19.5 Å². The average Bonchev–Trinajstić information content (AvgIpc) is 2.59. The number of amides is 3. The van der Waals surface area contributed by atoms with Crippen LogP contribution in [0.25, 0.3) is 0 Å². The van der Waals surface area contributed by atoms with Gasteiger partial charge in [-0.15, -0.1) is 0 Å². The maximum Gasteiger partial charge on any atom is 0.330 e. The van der Waals surface area contributed by atoms with Crippen LogP contribution in [-0.4, -0.2) is 60.0 Å². The monoisotopic (exact) mass is 333 g/mol. The van der Waals surface area contributed by atoms with Crippen molar-refractivity contribution in [3.63, 3.8) is 0 Å². The molecule has 0 saturated carbocycles. The van der Waals surface area contributed by atoms with E-state index in [-0.39, 0.29) is 17.9 Å². The molecule has 1 aliphatic heterocycles. The zero-order chi connectivity index (χ0) is 17.7. The van der Waals surface area contributed by atoms with Gasteiger partial charge in [-0.3, -0.25) is 4.79 Å². The number of carboxylic acids is 1. The van der Waals surface area contributed by atoms with Crippen LogP contribution in [0.3, 0.4) is 0 Å². The lowest BCUT2D eigenvalue weighted by molar-refractivity contribution is -0.143. The van der Waals surface area contributed by atoms with Gasteiger partial charge in [0.25, 0.3) is 0 Å². The van der Waals surface area contributed by atoms with Crippen molar-refractivity contribution in [2.75, 3.05) is 27.2 Å². The van der Waals surface area contributed by atoms with E-state index in [1.807, 2.05) is 0 Å². The number of aliphatic carboxylic acids is 1. The minimum atomic E-state index is -1.09. The van der Waals surface area contributed by atoms with Crippen molar-refractivity contribution >= 4 is 17.9 Å². The molecule has 3 amide bonds. The van der Waals surface area contributed by atoms with Crippen LogP contribution in [0.15, 0.2) is 30.3 Å². The summed E-state index contributed by atoms with van der Waals surface area (Å²) in [7, 11) is 3.39. The van der Waals surface area contributed by atoms with Gasteiger partial charge in [-0.1, -0.05) is 30.3 Å². The van der Waals surface area contributed by atoms with Gasteiger partial charge < -0.3 is 20.2 Å². The van der Waals surface area contributed by atoms with Gasteiger partial charge in [0.2, 0.25) is 5.91 Å². The molecule has 1 aromatic rings. The molecule has 0 bridgehead atoms. The third-order valence-corrected chi connectivity index (χ3v) is 4.19. The molecule has 0 aromatic heterocycles. The van der Waals surface area contributed by atoms with Gasteiger partial charge in [-0.05, 0) is 18.4 Å². The summed E-state index contributed by atoms with van der Waals surface area (Å²) >= 11 is 0. The lowest BCUT2D eigenvalue weighted by Crippen LogP contribution is -2.47. The molecule has 24 heavy (non-hydrogen) atoms. The summed E-state index contributed by atoms with van der Waals surface area (Å²) in [5, 5.41) is 12.0. The van der Waals surface area contributed by atoms with E-state index in [2.05, 4.69) is 5.32 Å². The highest BCUT2D eigenvalue weighted by Gasteiger charge is 2.30. The molecule has 2 rings (SSSR count). The van der Waals surface area contributed by atoms with E-state index < -0.39 is 12.0 Å². The van der Waals surface area contributed by atoms with E-state index in [4.69, 9.17) is 0 Å². The normalized spacial score (nSPS) is 16.3. The Labute approximate surface area is 141 Å². The standard InChI is InChI=1S/C17H23N3O4/c1-19(2)17(24)20-10-8-13(9-11-20)15(21)18-14(16(22)23)12-6-4-3-5-7-12/h3-7,13-14H,8-11H2,1-2H3,(H,18,21)(H,22,23)/t14-/m0/s1. The minimum Gasteiger partial charge on any atom is -0.479 e. The van der Waals surface area contributed by atoms with Gasteiger partial charge in [0.05, 0.1) is 0 Å². The number of carbonyl (C=O) groups is 3. The molecule has 0 radical (unpaired) electrons. The fraction of sp³-hybridized carbons (Fsp3) is 0.471. The first-order chi connectivity index (χ1) is 11.4. The number of likely N-dealkylation sites (tertiary alicyclic amines) is 1. The van der Waals surface area contributed by atoms with E-state index in [0.29, 0.717) is 31.5 Å². The quantitative estimate of drug-likeness (QED) is 0.869. The van der Waals surface area contributed by atoms with Crippen molar-refractivity contribution in [3.05, 3.63) is 35.9 Å². The summed E-state index contributed by atoms with van der Waals surface area (Å²) in [5.74, 6) is -1.64. The third-order valence-electron chi connectivity index (χ3n) is 4.19. The van der Waals surface area contributed by atoms with Crippen LogP contribution in [0.5, 0.6) is 0 Å². The van der Waals surface area contributed by atoms with Gasteiger partial charge >= 0.3 is 12.0 Å². The number of carbonyl (C=O) groups excluding carboxylic acids is 2. The van der Waals surface area contributed by atoms with E-state index in [1.54, 1.807) is 49.3 Å². The zero-order valence-corrected chi connectivity index (χ0v) is 13.9. The molecule has 130 valence electrons. The predicted octanol–water partition coefficient (Wildman–Crippen LogP) is 1.32. The molecular formula is C17H23N3O4. The van der Waals surface area contributed by atoms with Crippen LogP contribution in [0.1, 0.15) is 24.4 Å². The van der Waals surface area contributed by atoms with Crippen LogP contribution >= 0.6 is 0 Å². The average molecular weight is 333 g/mol. The first-order valence-electron chi connectivity index (χ1n) is 7.94. The Morgan fingerprint density at radius 2 is 1.75 bits per heavy atom. The fourth-order valence-electron chi connectivity index (χ4n) is 2.81. The molecule has 7 nitrogen and oxygen atoms in total. The minimum absolute atomic E-state index is 0.0680. The summed E-state index contributed by atoms with van der Waals surface area (Å²) in [6.07, 6.45) is 1.07. The second-order valence-electron chi connectivity index (χ2n) is 6.13. The molecule has 1 aliphatic rings. The number of rotatable bonds is 4. The Morgan fingerprint density at radius 1 is 1.17 bits per heavy atom. The highest BCUT2D eigenvalue weighted by Crippen LogP contribution is 2.20. The van der Waals surface area contributed by atoms with Crippen LogP contribution in [0.4, 0.5) is 4.79 Å². The summed E-state index contributed by atoms with van der Waals surface area (Å²) < 4.78 is 0. The summed E-state index contributed by atoms with van der Waals surface area (Å²) in [5.41, 5.74) is 0.540. The SMILES string of the molecule is CN(C)C(=O)N1CCC(C(=O)N[C@H](C(=O)O)c2ccccc2)CC1. The van der Waals surface area contributed by atoms with Gasteiger partial charge in [0.1, 0.15) is 0 Å². The Balaban J connectivity index is 1.95. The van der Waals surface area contributed by atoms with Gasteiger partial charge in [0.15, 0.2) is 6.04 Å². The van der Waals surface area contributed by atoms with E-state index >= 15 is 0 Å². The third kappa shape index (κ3) is 4.24. The first-order valence-corrected chi connectivity index (χ1v) is 7.94. The molecule has 7 heteroatoms. The van der Waals surface area contributed by atoms with Gasteiger partial charge in [-0.25, -0.2) is 9.59 Å². The maximum absolute atomic E-state index is 12.4. The van der Waals surface area contributed by atoms with Crippen LogP contribution in [-0.2, 0) is 9.59 Å². The number of benzene rings is 1. The summed E-state index contributed by atoms with van der Waals surface area (Å²) in [4.78, 5) is 39.0. The Bertz CT molecular complexity index is 595. The van der Waals surface area contributed by atoms with Crippen LogP contribution in [0, 0.1) is 5.92 Å². The van der Waals surface area contributed by atoms with Crippen molar-refractivity contribution in [1.29, 1.82) is 0 Å². The van der Waals surface area contributed by atoms with E-state index in [1.165, 1.54) is 4.90 Å². The Morgan fingerprint density at radius 3 is 2.25 bits per heavy atom. The lowest BCUT2D eigenvalue weighted by Gasteiger charge is -2.33. The molecule has 1 aromatic carbocycles. The molecule has 1 saturated heterocycles. The highest BCUT2D eigenvalue weighted by molar-refractivity contribution is 5.86. The second kappa shape index (κ2) is 7.81. The lowest BCUT2D eigenvalue weighted by atomic mass is 9.95. The maximum atomic E-state index is 12.4. The largest absolute Gasteiger partial charge is 0.479 e. The van der Waals surface area contributed by atoms with Crippen molar-refractivity contribution < 1.29 is 19.5 Å². The molecule has 1 fully saturated rings. The van der Waals surface area contributed by atoms with Crippen molar-refractivity contribution in [2.45, 2.75) is 18.9 Å².